The van der Waals surface area contributed by atoms with Gasteiger partial charge >= 0.3 is 0 Å². The highest BCUT2D eigenvalue weighted by atomic mass is 16.5. The number of terminal acetylenes is 1. The van der Waals surface area contributed by atoms with Gasteiger partial charge in [0.1, 0.15) is 17.2 Å². The van der Waals surface area contributed by atoms with Crippen molar-refractivity contribution < 1.29 is 14.6 Å². The Balaban J connectivity index is 2.57. The van der Waals surface area contributed by atoms with Crippen LogP contribution in [0.3, 0.4) is 0 Å². The Bertz CT molecular complexity index is 656. The molecule has 1 unspecified atom stereocenters. The minimum absolute atomic E-state index is 0.0931. The normalized spacial score (nSPS) is 11.5. The number of methoxy groups -OCH3 is 1. The largest absolute Gasteiger partial charge is 0.508 e. The molecule has 2 rings (SSSR count). The van der Waals surface area contributed by atoms with Crippen molar-refractivity contribution in [1.29, 1.82) is 0 Å². The second kappa shape index (κ2) is 7.42. The van der Waals surface area contributed by atoms with Gasteiger partial charge in [-0.25, -0.2) is 0 Å². The van der Waals surface area contributed by atoms with Crippen molar-refractivity contribution in [3.8, 4) is 29.6 Å². The molecule has 1 atom stereocenters. The van der Waals surface area contributed by atoms with Crippen LogP contribution < -0.4 is 9.47 Å². The van der Waals surface area contributed by atoms with E-state index >= 15 is 0 Å². The van der Waals surface area contributed by atoms with Gasteiger partial charge in [-0.15, -0.1) is 6.42 Å². The van der Waals surface area contributed by atoms with Crippen LogP contribution in [0.4, 0.5) is 0 Å². The van der Waals surface area contributed by atoms with Crippen LogP contribution in [-0.2, 0) is 0 Å². The molecule has 0 aromatic heterocycles. The van der Waals surface area contributed by atoms with E-state index in [1.54, 1.807) is 19.2 Å². The van der Waals surface area contributed by atoms with Crippen LogP contribution in [0.5, 0.6) is 17.2 Å². The van der Waals surface area contributed by atoms with Crippen LogP contribution in [0.2, 0.25) is 0 Å². The highest BCUT2D eigenvalue weighted by Crippen LogP contribution is 2.41. The van der Waals surface area contributed by atoms with Gasteiger partial charge in [-0.2, -0.15) is 0 Å². The molecule has 0 radical (unpaired) electrons. The summed E-state index contributed by atoms with van der Waals surface area (Å²) in [4.78, 5) is 0. The SMILES string of the molecule is C#CC(c1ccccc1)c1c(OC)cc(O)cc1OCCC. The third kappa shape index (κ3) is 3.35. The quantitative estimate of drug-likeness (QED) is 0.820. The fourth-order valence-corrected chi connectivity index (χ4v) is 2.36. The fraction of sp³-hybridized carbons (Fsp3) is 0.263. The zero-order valence-corrected chi connectivity index (χ0v) is 12.9. The summed E-state index contributed by atoms with van der Waals surface area (Å²) >= 11 is 0. The van der Waals surface area contributed by atoms with Gasteiger partial charge in [0.15, 0.2) is 0 Å². The molecule has 3 nitrogen and oxygen atoms in total. The van der Waals surface area contributed by atoms with E-state index in [-0.39, 0.29) is 11.7 Å². The molecule has 3 heteroatoms. The molecule has 22 heavy (non-hydrogen) atoms. The first-order valence-corrected chi connectivity index (χ1v) is 7.26. The van der Waals surface area contributed by atoms with E-state index in [1.807, 2.05) is 37.3 Å². The zero-order chi connectivity index (χ0) is 15.9. The highest BCUT2D eigenvalue weighted by molar-refractivity contribution is 5.57. The molecule has 0 saturated carbocycles. The lowest BCUT2D eigenvalue weighted by molar-refractivity contribution is 0.307. The lowest BCUT2D eigenvalue weighted by atomic mass is 9.90. The smallest absolute Gasteiger partial charge is 0.131 e. The summed E-state index contributed by atoms with van der Waals surface area (Å²) in [5.41, 5.74) is 1.75. The molecule has 0 aliphatic heterocycles. The van der Waals surface area contributed by atoms with Gasteiger partial charge in [0.25, 0.3) is 0 Å². The van der Waals surface area contributed by atoms with Crippen LogP contribution in [0.25, 0.3) is 0 Å². The van der Waals surface area contributed by atoms with Crippen molar-refractivity contribution in [3.05, 3.63) is 53.6 Å². The molecule has 0 aliphatic carbocycles. The van der Waals surface area contributed by atoms with Gasteiger partial charge in [-0.1, -0.05) is 43.2 Å². The standard InChI is InChI=1S/C19H20O3/c1-4-11-22-18-13-15(20)12-17(21-3)19(18)16(5-2)14-9-7-6-8-10-14/h2,6-10,12-13,16,20H,4,11H2,1,3H3. The van der Waals surface area contributed by atoms with Gasteiger partial charge < -0.3 is 14.6 Å². The van der Waals surface area contributed by atoms with Gasteiger partial charge in [-0.05, 0) is 12.0 Å². The zero-order valence-electron chi connectivity index (χ0n) is 12.9. The van der Waals surface area contributed by atoms with Gasteiger partial charge in [0, 0.05) is 12.1 Å². The van der Waals surface area contributed by atoms with Crippen molar-refractivity contribution in [2.24, 2.45) is 0 Å². The molecule has 0 fully saturated rings. The molecule has 0 amide bonds. The maximum absolute atomic E-state index is 9.86. The van der Waals surface area contributed by atoms with Crippen molar-refractivity contribution >= 4 is 0 Å². The Kier molecular flexibility index (Phi) is 5.32. The molecular weight excluding hydrogens is 276 g/mol. The van der Waals surface area contributed by atoms with Crippen LogP contribution in [-0.4, -0.2) is 18.8 Å². The second-order valence-electron chi connectivity index (χ2n) is 4.92. The highest BCUT2D eigenvalue weighted by Gasteiger charge is 2.22. The predicted octanol–water partition coefficient (Wildman–Crippen LogP) is 3.95. The van der Waals surface area contributed by atoms with Crippen LogP contribution in [0.15, 0.2) is 42.5 Å². The molecule has 0 aliphatic rings. The van der Waals surface area contributed by atoms with Gasteiger partial charge in [0.05, 0.1) is 25.2 Å². The van der Waals surface area contributed by atoms with E-state index in [0.717, 1.165) is 17.5 Å². The minimum Gasteiger partial charge on any atom is -0.508 e. The summed E-state index contributed by atoms with van der Waals surface area (Å²) in [6.07, 6.45) is 6.64. The number of hydrogen-bond donors (Lipinski definition) is 1. The van der Waals surface area contributed by atoms with E-state index in [1.165, 1.54) is 0 Å². The monoisotopic (exact) mass is 296 g/mol. The summed E-state index contributed by atoms with van der Waals surface area (Å²) in [7, 11) is 1.56. The van der Waals surface area contributed by atoms with Crippen molar-refractivity contribution in [2.45, 2.75) is 19.3 Å². The molecule has 0 saturated heterocycles. The van der Waals surface area contributed by atoms with E-state index in [4.69, 9.17) is 15.9 Å². The summed E-state index contributed by atoms with van der Waals surface area (Å²) < 4.78 is 11.2. The second-order valence-corrected chi connectivity index (χ2v) is 4.92. The summed E-state index contributed by atoms with van der Waals surface area (Å²) in [6.45, 7) is 2.57. The number of hydrogen-bond acceptors (Lipinski definition) is 3. The maximum atomic E-state index is 9.86. The topological polar surface area (TPSA) is 38.7 Å². The first kappa shape index (κ1) is 15.8. The number of aromatic hydroxyl groups is 1. The Morgan fingerprint density at radius 3 is 2.45 bits per heavy atom. The van der Waals surface area contributed by atoms with Crippen molar-refractivity contribution in [1.82, 2.24) is 0 Å². The van der Waals surface area contributed by atoms with E-state index in [9.17, 15) is 5.11 Å². The van der Waals surface area contributed by atoms with Crippen LogP contribution >= 0.6 is 0 Å². The lowest BCUT2D eigenvalue weighted by Gasteiger charge is -2.20. The lowest BCUT2D eigenvalue weighted by Crippen LogP contribution is -2.06. The Hall–Kier alpha value is -2.60. The number of phenolic OH excluding ortho intramolecular Hbond substituents is 1. The Morgan fingerprint density at radius 2 is 1.86 bits per heavy atom. The molecule has 2 aromatic rings. The number of phenols is 1. The third-order valence-corrected chi connectivity index (χ3v) is 3.36. The van der Waals surface area contributed by atoms with Crippen LogP contribution in [0.1, 0.15) is 30.4 Å². The van der Waals surface area contributed by atoms with Crippen LogP contribution in [0, 0.1) is 12.3 Å². The summed E-state index contributed by atoms with van der Waals surface area (Å²) in [5.74, 6) is 3.68. The number of ether oxygens (including phenoxy) is 2. The Labute approximate surface area is 131 Å². The molecular formula is C19H20O3. The number of benzene rings is 2. The molecule has 0 spiro atoms. The maximum Gasteiger partial charge on any atom is 0.131 e. The third-order valence-electron chi connectivity index (χ3n) is 3.36. The first-order valence-electron chi connectivity index (χ1n) is 7.26. The summed E-state index contributed by atoms with van der Waals surface area (Å²) in [5, 5.41) is 9.86. The number of rotatable bonds is 6. The van der Waals surface area contributed by atoms with Gasteiger partial charge in [0.2, 0.25) is 0 Å². The minimum atomic E-state index is -0.302. The first-order chi connectivity index (χ1) is 10.7. The predicted molar refractivity (Wildman–Crippen MR) is 87.6 cm³/mol. The van der Waals surface area contributed by atoms with Gasteiger partial charge in [-0.3, -0.25) is 0 Å². The van der Waals surface area contributed by atoms with E-state index in [0.29, 0.717) is 18.1 Å². The summed E-state index contributed by atoms with van der Waals surface area (Å²) in [6, 6.07) is 12.9. The molecule has 0 bridgehead atoms. The molecule has 0 heterocycles. The fourth-order valence-electron chi connectivity index (χ4n) is 2.36. The molecule has 2 aromatic carbocycles. The van der Waals surface area contributed by atoms with E-state index < -0.39 is 0 Å². The van der Waals surface area contributed by atoms with E-state index in [2.05, 4.69) is 5.92 Å². The molecule has 114 valence electrons. The molecule has 1 N–H and O–H groups in total. The Morgan fingerprint density at radius 1 is 1.18 bits per heavy atom. The average molecular weight is 296 g/mol. The average Bonchev–Trinajstić information content (AvgIpc) is 2.55. The van der Waals surface area contributed by atoms with Crippen molar-refractivity contribution in [3.63, 3.8) is 0 Å². The van der Waals surface area contributed by atoms with Crippen molar-refractivity contribution in [2.75, 3.05) is 13.7 Å².